The fourth-order valence-corrected chi connectivity index (χ4v) is 3.38. The average molecular weight is 420 g/mol. The Hall–Kier alpha value is -2.78. The number of nitrogens with zero attached hydrogens (tertiary/aromatic N) is 1. The molecule has 0 aliphatic heterocycles. The van der Waals surface area contributed by atoms with Gasteiger partial charge in [0.05, 0.1) is 11.9 Å². The number of para-hydroxylation sites is 1. The molecular weight excluding hydrogens is 398 g/mol. The first-order valence-corrected chi connectivity index (χ1v) is 10.9. The van der Waals surface area contributed by atoms with Crippen molar-refractivity contribution in [1.29, 1.82) is 0 Å². The molecule has 7 nitrogen and oxygen atoms in total. The summed E-state index contributed by atoms with van der Waals surface area (Å²) in [6.45, 7) is 0. The fourth-order valence-electron chi connectivity index (χ4n) is 2.07. The minimum atomic E-state index is -3.33. The number of nitrogens with one attached hydrogen (secondary N) is 2. The highest BCUT2D eigenvalue weighted by Gasteiger charge is 2.11. The van der Waals surface area contributed by atoms with Crippen LogP contribution in [0.15, 0.2) is 59.5 Å². The maximum absolute atomic E-state index is 12.2. The first-order valence-electron chi connectivity index (χ1n) is 8.19. The van der Waals surface area contributed by atoms with Gasteiger partial charge in [-0.2, -0.15) is 0 Å². The third-order valence-corrected chi connectivity index (χ3v) is 5.07. The van der Waals surface area contributed by atoms with Crippen LogP contribution in [0.25, 0.3) is 6.08 Å². The molecule has 2 rings (SSSR count). The minimum absolute atomic E-state index is 0.139. The Morgan fingerprint density at radius 2 is 1.68 bits per heavy atom. The molecule has 0 saturated heterocycles. The molecule has 148 valence electrons. The van der Waals surface area contributed by atoms with Crippen LogP contribution < -0.4 is 10.0 Å². The van der Waals surface area contributed by atoms with Crippen LogP contribution in [0.3, 0.4) is 0 Å². The molecule has 0 fully saturated rings. The summed E-state index contributed by atoms with van der Waals surface area (Å²) in [5.74, 6) is -0.344. The number of hydrogen-bond donors (Lipinski definition) is 2. The summed E-state index contributed by atoms with van der Waals surface area (Å²) in [7, 11) is -0.00435. The zero-order chi connectivity index (χ0) is 20.7. The molecule has 9 heteroatoms. The predicted molar refractivity (Wildman–Crippen MR) is 114 cm³/mol. The van der Waals surface area contributed by atoms with Crippen molar-refractivity contribution < 1.29 is 18.0 Å². The van der Waals surface area contributed by atoms with Gasteiger partial charge in [0.25, 0.3) is 5.24 Å². The number of rotatable bonds is 6. The van der Waals surface area contributed by atoms with Crippen molar-refractivity contribution in [2.24, 2.45) is 0 Å². The second-order valence-electron chi connectivity index (χ2n) is 6.08. The monoisotopic (exact) mass is 419 g/mol. The van der Waals surface area contributed by atoms with Crippen molar-refractivity contribution in [2.45, 2.75) is 4.90 Å². The molecule has 0 atom stereocenters. The van der Waals surface area contributed by atoms with E-state index in [1.54, 1.807) is 68.7 Å². The molecule has 2 aromatic rings. The Morgan fingerprint density at radius 3 is 2.29 bits per heavy atom. The van der Waals surface area contributed by atoms with Crippen LogP contribution in [0.4, 0.5) is 16.2 Å². The molecule has 0 unspecified atom stereocenters. The first-order chi connectivity index (χ1) is 13.1. The molecule has 0 bridgehead atoms. The van der Waals surface area contributed by atoms with Gasteiger partial charge in [-0.1, -0.05) is 24.3 Å². The maximum Gasteiger partial charge on any atom is 0.286 e. The quantitative estimate of drug-likeness (QED) is 0.552. The van der Waals surface area contributed by atoms with E-state index >= 15 is 0 Å². The summed E-state index contributed by atoms with van der Waals surface area (Å²) in [5, 5.41) is 2.62. The summed E-state index contributed by atoms with van der Waals surface area (Å²) in [5.41, 5.74) is 1.73. The maximum atomic E-state index is 12.2. The lowest BCUT2D eigenvalue weighted by atomic mass is 10.2. The van der Waals surface area contributed by atoms with E-state index < -0.39 is 10.0 Å². The molecule has 0 radical (unpaired) electrons. The fraction of sp³-hybridized carbons (Fsp3) is 0.158. The topological polar surface area (TPSA) is 95.6 Å². The third kappa shape index (κ3) is 7.09. The van der Waals surface area contributed by atoms with Crippen LogP contribution in [0, 0.1) is 0 Å². The molecule has 2 N–H and O–H groups in total. The van der Waals surface area contributed by atoms with Gasteiger partial charge in [0, 0.05) is 30.8 Å². The van der Waals surface area contributed by atoms with Crippen LogP contribution in [-0.2, 0) is 14.8 Å². The van der Waals surface area contributed by atoms with Gasteiger partial charge in [0.1, 0.15) is 0 Å². The van der Waals surface area contributed by atoms with E-state index in [2.05, 4.69) is 10.0 Å². The largest absolute Gasteiger partial charge is 0.339 e. The first kappa shape index (κ1) is 21.5. The number of benzene rings is 2. The summed E-state index contributed by atoms with van der Waals surface area (Å²) in [4.78, 5) is 26.2. The van der Waals surface area contributed by atoms with Gasteiger partial charge < -0.3 is 10.2 Å². The smallest absolute Gasteiger partial charge is 0.286 e. The lowest BCUT2D eigenvalue weighted by Gasteiger charge is -2.12. The summed E-state index contributed by atoms with van der Waals surface area (Å²) < 4.78 is 24.8. The van der Waals surface area contributed by atoms with Crippen LogP contribution in [0.2, 0.25) is 0 Å². The molecular formula is C19H21N3O4S2. The lowest BCUT2D eigenvalue weighted by Crippen LogP contribution is -2.16. The van der Waals surface area contributed by atoms with Crippen LogP contribution in [0.5, 0.6) is 0 Å². The standard InChI is InChI=1S/C19H21N3O4S2/c1-22(2)19(24)27-17-7-5-4-6-16(17)20-18(23)13-10-14-8-11-15(12-9-14)21-28(3,25)26/h4-13,21H,1-3H3,(H,20,23)/b13-10+. The van der Waals surface area contributed by atoms with Crippen molar-refractivity contribution in [3.8, 4) is 0 Å². The van der Waals surface area contributed by atoms with Gasteiger partial charge in [-0.15, -0.1) is 0 Å². The van der Waals surface area contributed by atoms with Crippen molar-refractivity contribution in [2.75, 3.05) is 30.4 Å². The SMILES string of the molecule is CN(C)C(=O)Sc1ccccc1NC(=O)/C=C/c1ccc(NS(C)(=O)=O)cc1. The summed E-state index contributed by atoms with van der Waals surface area (Å²) in [6.07, 6.45) is 4.06. The van der Waals surface area contributed by atoms with E-state index in [9.17, 15) is 18.0 Å². The zero-order valence-corrected chi connectivity index (χ0v) is 17.3. The Labute approximate surface area is 168 Å². The molecule has 0 heterocycles. The van der Waals surface area contributed by atoms with E-state index in [0.717, 1.165) is 23.6 Å². The Morgan fingerprint density at radius 1 is 1.04 bits per heavy atom. The highest BCUT2D eigenvalue weighted by atomic mass is 32.2. The molecule has 0 saturated carbocycles. The predicted octanol–water partition coefficient (Wildman–Crippen LogP) is 3.48. The van der Waals surface area contributed by atoms with Crippen LogP contribution >= 0.6 is 11.8 Å². The number of sulfonamides is 1. The molecule has 28 heavy (non-hydrogen) atoms. The van der Waals surface area contributed by atoms with E-state index in [0.29, 0.717) is 16.3 Å². The number of thioether (sulfide) groups is 1. The number of carbonyl (C=O) groups excluding carboxylic acids is 2. The highest BCUT2D eigenvalue weighted by molar-refractivity contribution is 8.13. The minimum Gasteiger partial charge on any atom is -0.339 e. The molecule has 2 amide bonds. The molecule has 0 aliphatic rings. The van der Waals surface area contributed by atoms with E-state index in [-0.39, 0.29) is 11.1 Å². The zero-order valence-electron chi connectivity index (χ0n) is 15.7. The van der Waals surface area contributed by atoms with Crippen molar-refractivity contribution in [3.63, 3.8) is 0 Å². The summed E-state index contributed by atoms with van der Waals surface area (Å²) >= 11 is 1.03. The molecule has 0 aromatic heterocycles. The Balaban J connectivity index is 2.03. The number of anilines is 2. The summed E-state index contributed by atoms with van der Waals surface area (Å²) in [6, 6.07) is 13.7. The van der Waals surface area contributed by atoms with Gasteiger partial charge in [-0.25, -0.2) is 8.42 Å². The highest BCUT2D eigenvalue weighted by Crippen LogP contribution is 2.28. The Kier molecular flexibility index (Phi) is 7.24. The van der Waals surface area contributed by atoms with Gasteiger partial charge in [-0.05, 0) is 47.7 Å². The number of amides is 2. The van der Waals surface area contributed by atoms with Gasteiger partial charge in [-0.3, -0.25) is 14.3 Å². The van der Waals surface area contributed by atoms with E-state index in [1.165, 1.54) is 11.0 Å². The van der Waals surface area contributed by atoms with Crippen LogP contribution in [-0.4, -0.2) is 44.8 Å². The average Bonchev–Trinajstić information content (AvgIpc) is 2.61. The van der Waals surface area contributed by atoms with Crippen molar-refractivity contribution in [1.82, 2.24) is 4.90 Å². The second kappa shape index (κ2) is 9.43. The Bertz CT molecular complexity index is 984. The lowest BCUT2D eigenvalue weighted by molar-refractivity contribution is -0.111. The van der Waals surface area contributed by atoms with Gasteiger partial charge in [0.15, 0.2) is 0 Å². The van der Waals surface area contributed by atoms with E-state index in [1.807, 2.05) is 0 Å². The third-order valence-electron chi connectivity index (χ3n) is 3.35. The molecule has 0 aliphatic carbocycles. The normalized spacial score (nSPS) is 11.2. The number of hydrogen-bond acceptors (Lipinski definition) is 5. The van der Waals surface area contributed by atoms with Gasteiger partial charge >= 0.3 is 0 Å². The van der Waals surface area contributed by atoms with Crippen LogP contribution in [0.1, 0.15) is 5.56 Å². The van der Waals surface area contributed by atoms with Crippen molar-refractivity contribution >= 4 is 50.4 Å². The molecule has 2 aromatic carbocycles. The van der Waals surface area contributed by atoms with Gasteiger partial charge in [0.2, 0.25) is 15.9 Å². The number of carbonyl (C=O) groups is 2. The molecule has 0 spiro atoms. The van der Waals surface area contributed by atoms with Crippen molar-refractivity contribution in [3.05, 3.63) is 60.2 Å². The second-order valence-corrected chi connectivity index (χ2v) is 8.82. The van der Waals surface area contributed by atoms with E-state index in [4.69, 9.17) is 0 Å².